The molecule has 0 aromatic carbocycles. The second-order valence-corrected chi connectivity index (χ2v) is 5.51. The van der Waals surface area contributed by atoms with Crippen LogP contribution in [0.15, 0.2) is 11.2 Å². The number of aromatic amines is 1. The Balaban J connectivity index is 3.15. The van der Waals surface area contributed by atoms with Crippen molar-refractivity contribution in [3.05, 3.63) is 11.8 Å². The Morgan fingerprint density at radius 3 is 2.35 bits per heavy atom. The third-order valence-corrected chi connectivity index (χ3v) is 4.25. The van der Waals surface area contributed by atoms with Crippen molar-refractivity contribution in [1.82, 2.24) is 14.5 Å². The molecule has 0 spiro atoms. The van der Waals surface area contributed by atoms with E-state index in [1.54, 1.807) is 12.1 Å². The molecule has 20 heavy (non-hydrogen) atoms. The molecule has 0 radical (unpaired) electrons. The number of H-pyrrole nitrogens is 1. The number of rotatable bonds is 7. The molecule has 2 N–H and O–H groups in total. The number of sulfonamides is 1. The second-order valence-electron chi connectivity index (χ2n) is 3.64. The Morgan fingerprint density at radius 2 is 1.90 bits per heavy atom. The van der Waals surface area contributed by atoms with Gasteiger partial charge in [-0.1, -0.05) is 0 Å². The molecule has 10 heteroatoms. The van der Waals surface area contributed by atoms with E-state index in [1.807, 2.05) is 0 Å². The molecule has 0 unspecified atom stereocenters. The fourth-order valence-corrected chi connectivity index (χ4v) is 2.96. The molecule has 1 aromatic rings. The van der Waals surface area contributed by atoms with Gasteiger partial charge in [-0.05, 0) is 0 Å². The number of aromatic nitrogens is 2. The van der Waals surface area contributed by atoms with Gasteiger partial charge in [0.15, 0.2) is 5.03 Å². The standard InChI is InChI=1S/C10H11N5O4S/c11-3-1-5-15(6-2-4-12)20(18,19)9-8(10(16)17)7-13-14-9/h7H,1-2,5-6H2,(H,13,14)(H,16,17). The van der Waals surface area contributed by atoms with Crippen LogP contribution in [0, 0.1) is 22.7 Å². The third kappa shape index (κ3) is 3.32. The molecule has 0 saturated heterocycles. The summed E-state index contributed by atoms with van der Waals surface area (Å²) in [7, 11) is -4.15. The van der Waals surface area contributed by atoms with Crippen molar-refractivity contribution in [1.29, 1.82) is 10.5 Å². The maximum Gasteiger partial charge on any atom is 0.340 e. The molecule has 0 fully saturated rings. The van der Waals surface area contributed by atoms with E-state index in [9.17, 15) is 13.2 Å². The van der Waals surface area contributed by atoms with E-state index >= 15 is 0 Å². The lowest BCUT2D eigenvalue weighted by Crippen LogP contribution is -2.34. The maximum absolute atomic E-state index is 12.3. The Hall–Kier alpha value is -2.43. The van der Waals surface area contributed by atoms with Gasteiger partial charge in [0.05, 0.1) is 18.3 Å². The molecule has 1 heterocycles. The summed E-state index contributed by atoms with van der Waals surface area (Å²) in [5.41, 5.74) is -0.482. The van der Waals surface area contributed by atoms with Crippen molar-refractivity contribution in [3.8, 4) is 12.1 Å². The van der Waals surface area contributed by atoms with E-state index in [-0.39, 0.29) is 25.9 Å². The summed E-state index contributed by atoms with van der Waals surface area (Å²) in [4.78, 5) is 10.9. The summed E-state index contributed by atoms with van der Waals surface area (Å²) < 4.78 is 25.5. The van der Waals surface area contributed by atoms with Crippen molar-refractivity contribution < 1.29 is 18.3 Å². The van der Waals surface area contributed by atoms with Crippen molar-refractivity contribution in [2.24, 2.45) is 0 Å². The van der Waals surface area contributed by atoms with Crippen LogP contribution in [0.3, 0.4) is 0 Å². The molecular formula is C10H11N5O4S. The molecular weight excluding hydrogens is 286 g/mol. The number of aromatic carboxylic acids is 1. The van der Waals surface area contributed by atoms with E-state index in [0.717, 1.165) is 10.5 Å². The predicted molar refractivity (Wildman–Crippen MR) is 64.8 cm³/mol. The van der Waals surface area contributed by atoms with E-state index in [1.165, 1.54) is 0 Å². The molecule has 106 valence electrons. The third-order valence-electron chi connectivity index (χ3n) is 2.38. The summed E-state index contributed by atoms with van der Waals surface area (Å²) >= 11 is 0. The molecule has 0 amide bonds. The Morgan fingerprint density at radius 1 is 1.35 bits per heavy atom. The molecule has 0 atom stereocenters. The zero-order chi connectivity index (χ0) is 15.2. The predicted octanol–water partition coefficient (Wildman–Crippen LogP) is -0.0740. The lowest BCUT2D eigenvalue weighted by molar-refractivity contribution is 0.0692. The quantitative estimate of drug-likeness (QED) is 0.714. The van der Waals surface area contributed by atoms with Crippen LogP contribution in [0.1, 0.15) is 23.2 Å². The minimum Gasteiger partial charge on any atom is -0.478 e. The number of hydrogen-bond acceptors (Lipinski definition) is 6. The number of nitrogens with zero attached hydrogens (tertiary/aromatic N) is 4. The fraction of sp³-hybridized carbons (Fsp3) is 0.400. The van der Waals surface area contributed by atoms with Crippen LogP contribution in [0.2, 0.25) is 0 Å². The smallest absolute Gasteiger partial charge is 0.340 e. The number of hydrogen-bond donors (Lipinski definition) is 2. The van der Waals surface area contributed by atoms with Crippen LogP contribution in [0.4, 0.5) is 0 Å². The minimum atomic E-state index is -4.15. The second kappa shape index (κ2) is 6.65. The van der Waals surface area contributed by atoms with Crippen molar-refractivity contribution >= 4 is 16.0 Å². The van der Waals surface area contributed by atoms with Crippen LogP contribution in [-0.4, -0.2) is 47.1 Å². The molecule has 1 aromatic heterocycles. The Labute approximate surface area is 115 Å². The first kappa shape index (κ1) is 15.6. The van der Waals surface area contributed by atoms with Gasteiger partial charge in [-0.2, -0.15) is 19.9 Å². The summed E-state index contributed by atoms with van der Waals surface area (Å²) in [6.07, 6.45) is 0.754. The molecule has 9 nitrogen and oxygen atoms in total. The highest BCUT2D eigenvalue weighted by Gasteiger charge is 2.30. The lowest BCUT2D eigenvalue weighted by Gasteiger charge is -2.19. The molecule has 0 saturated carbocycles. The largest absolute Gasteiger partial charge is 0.478 e. The highest BCUT2D eigenvalue weighted by atomic mass is 32.2. The zero-order valence-corrected chi connectivity index (χ0v) is 11.1. The van der Waals surface area contributed by atoms with E-state index in [4.69, 9.17) is 15.6 Å². The Kier molecular flexibility index (Phi) is 5.20. The van der Waals surface area contributed by atoms with E-state index < -0.39 is 26.6 Å². The monoisotopic (exact) mass is 297 g/mol. The molecule has 0 bridgehead atoms. The van der Waals surface area contributed by atoms with E-state index in [2.05, 4.69) is 10.2 Å². The van der Waals surface area contributed by atoms with Gasteiger partial charge in [-0.25, -0.2) is 13.2 Å². The molecule has 0 aliphatic rings. The number of carboxylic acid groups (broad SMARTS) is 1. The van der Waals surface area contributed by atoms with Crippen molar-refractivity contribution in [2.45, 2.75) is 17.9 Å². The average molecular weight is 297 g/mol. The van der Waals surface area contributed by atoms with Crippen LogP contribution in [0.25, 0.3) is 0 Å². The molecule has 1 rings (SSSR count). The normalized spacial score (nSPS) is 10.9. The summed E-state index contributed by atoms with van der Waals surface area (Å²) in [6.45, 7) is -0.253. The number of carboxylic acids is 1. The van der Waals surface area contributed by atoms with Crippen LogP contribution in [0.5, 0.6) is 0 Å². The molecule has 0 aliphatic carbocycles. The van der Waals surface area contributed by atoms with Gasteiger partial charge in [0.1, 0.15) is 5.56 Å². The van der Waals surface area contributed by atoms with Gasteiger partial charge in [0, 0.05) is 25.9 Å². The van der Waals surface area contributed by atoms with Gasteiger partial charge >= 0.3 is 5.97 Å². The van der Waals surface area contributed by atoms with Gasteiger partial charge in [-0.3, -0.25) is 5.10 Å². The number of nitriles is 2. The van der Waals surface area contributed by atoms with Gasteiger partial charge < -0.3 is 5.11 Å². The first-order valence-electron chi connectivity index (χ1n) is 5.46. The van der Waals surface area contributed by atoms with Crippen molar-refractivity contribution in [2.75, 3.05) is 13.1 Å². The van der Waals surface area contributed by atoms with Gasteiger partial charge in [-0.15, -0.1) is 0 Å². The summed E-state index contributed by atoms with van der Waals surface area (Å²) in [6, 6.07) is 3.60. The van der Waals surface area contributed by atoms with E-state index in [0.29, 0.717) is 0 Å². The van der Waals surface area contributed by atoms with Crippen molar-refractivity contribution in [3.63, 3.8) is 0 Å². The topological polar surface area (TPSA) is 151 Å². The summed E-state index contributed by atoms with van der Waals surface area (Å²) in [5.74, 6) is -1.43. The first-order valence-corrected chi connectivity index (χ1v) is 6.90. The van der Waals surface area contributed by atoms with Gasteiger partial charge in [0.25, 0.3) is 10.0 Å². The minimum absolute atomic E-state index is 0.0683. The highest BCUT2D eigenvalue weighted by Crippen LogP contribution is 2.18. The number of carbonyl (C=O) groups is 1. The SMILES string of the molecule is N#CCCN(CCC#N)S(=O)(=O)c1[nH]ncc1C(=O)O. The lowest BCUT2D eigenvalue weighted by atomic mass is 10.4. The van der Waals surface area contributed by atoms with Crippen LogP contribution >= 0.6 is 0 Å². The van der Waals surface area contributed by atoms with Crippen LogP contribution in [-0.2, 0) is 10.0 Å². The zero-order valence-electron chi connectivity index (χ0n) is 10.3. The first-order chi connectivity index (χ1) is 9.45. The maximum atomic E-state index is 12.3. The summed E-state index contributed by atoms with van der Waals surface area (Å²) in [5, 5.41) is 31.0. The van der Waals surface area contributed by atoms with Gasteiger partial charge in [0.2, 0.25) is 0 Å². The number of nitrogens with one attached hydrogen (secondary N) is 1. The fourth-order valence-electron chi connectivity index (χ4n) is 1.45. The molecule has 0 aliphatic heterocycles. The average Bonchev–Trinajstić information content (AvgIpc) is 2.88. The van der Waals surface area contributed by atoms with Crippen LogP contribution < -0.4 is 0 Å². The highest BCUT2D eigenvalue weighted by molar-refractivity contribution is 7.89. The Bertz CT molecular complexity index is 649.